The fraction of sp³-hybridized carbons (Fsp3) is 0. The minimum atomic E-state index is -0.433. The third-order valence-corrected chi connectivity index (χ3v) is 3.05. The third-order valence-electron chi connectivity index (χ3n) is 2.82. The number of rotatable bonds is 4. The largest absolute Gasteiger partial charge is 0.455 e. The number of amides is 1. The van der Waals surface area contributed by atoms with Gasteiger partial charge in [0.25, 0.3) is 5.91 Å². The topological polar surface area (TPSA) is 64.4 Å². The molecular weight excluding hydrogens is 304 g/mol. The number of halogens is 1. The Bertz CT molecular complexity index is 773. The zero-order valence-electron chi connectivity index (χ0n) is 11.3. The van der Waals surface area contributed by atoms with Crippen LogP contribution >= 0.6 is 11.6 Å². The van der Waals surface area contributed by atoms with Crippen LogP contribution in [0.25, 0.3) is 0 Å². The summed E-state index contributed by atoms with van der Waals surface area (Å²) < 4.78 is 10.7. The van der Waals surface area contributed by atoms with Crippen LogP contribution in [-0.2, 0) is 0 Å². The van der Waals surface area contributed by atoms with Crippen LogP contribution < -0.4 is 10.1 Å². The van der Waals surface area contributed by atoms with E-state index < -0.39 is 5.91 Å². The maximum Gasteiger partial charge on any atom is 0.293 e. The molecule has 110 valence electrons. The summed E-state index contributed by atoms with van der Waals surface area (Å²) in [7, 11) is 0. The number of carbonyl (C=O) groups is 1. The van der Waals surface area contributed by atoms with Gasteiger partial charge < -0.3 is 14.5 Å². The summed E-state index contributed by atoms with van der Waals surface area (Å²) >= 11 is 5.99. The fourth-order valence-electron chi connectivity index (χ4n) is 1.82. The van der Waals surface area contributed by atoms with E-state index in [1.165, 1.54) is 12.6 Å². The van der Waals surface area contributed by atoms with E-state index in [-0.39, 0.29) is 5.76 Å². The predicted octanol–water partition coefficient (Wildman–Crippen LogP) is 4.37. The second-order valence-corrected chi connectivity index (χ2v) is 4.81. The number of oxazole rings is 1. The molecule has 3 aromatic rings. The van der Waals surface area contributed by atoms with E-state index in [9.17, 15) is 4.79 Å². The van der Waals surface area contributed by atoms with E-state index in [4.69, 9.17) is 20.8 Å². The molecule has 1 aromatic heterocycles. The molecule has 2 aromatic carbocycles. The lowest BCUT2D eigenvalue weighted by atomic mass is 10.2. The zero-order chi connectivity index (χ0) is 15.4. The molecule has 1 amide bonds. The van der Waals surface area contributed by atoms with Crippen molar-refractivity contribution in [3.8, 4) is 11.5 Å². The highest BCUT2D eigenvalue weighted by Gasteiger charge is 2.13. The van der Waals surface area contributed by atoms with Crippen LogP contribution in [0.3, 0.4) is 0 Å². The maximum atomic E-state index is 12.0. The molecule has 6 heteroatoms. The van der Waals surface area contributed by atoms with Crippen molar-refractivity contribution in [1.82, 2.24) is 4.98 Å². The van der Waals surface area contributed by atoms with Gasteiger partial charge in [0.2, 0.25) is 5.76 Å². The summed E-state index contributed by atoms with van der Waals surface area (Å²) in [6.07, 6.45) is 2.52. The zero-order valence-corrected chi connectivity index (χ0v) is 12.1. The van der Waals surface area contributed by atoms with E-state index in [1.807, 2.05) is 30.3 Å². The molecule has 0 saturated heterocycles. The average Bonchev–Trinajstić information content (AvgIpc) is 3.05. The first-order valence-corrected chi connectivity index (χ1v) is 6.82. The normalized spacial score (nSPS) is 10.2. The number of ether oxygens (including phenoxy) is 1. The quantitative estimate of drug-likeness (QED) is 0.776. The minimum Gasteiger partial charge on any atom is -0.455 e. The van der Waals surface area contributed by atoms with Crippen LogP contribution in [0.5, 0.6) is 11.5 Å². The van der Waals surface area contributed by atoms with Gasteiger partial charge >= 0.3 is 0 Å². The Balaban J connectivity index is 1.86. The highest BCUT2D eigenvalue weighted by molar-refractivity contribution is 6.31. The Morgan fingerprint density at radius 1 is 1.18 bits per heavy atom. The SMILES string of the molecule is O=C(Nc1cc(Cl)ccc1Oc1ccccc1)c1cnco1. The maximum absolute atomic E-state index is 12.0. The molecule has 0 saturated carbocycles. The lowest BCUT2D eigenvalue weighted by Crippen LogP contribution is -2.11. The molecular formula is C16H11ClN2O3. The van der Waals surface area contributed by atoms with Crippen LogP contribution in [0.2, 0.25) is 5.02 Å². The van der Waals surface area contributed by atoms with Gasteiger partial charge in [0.15, 0.2) is 12.1 Å². The number of nitrogens with zero attached hydrogens (tertiary/aromatic N) is 1. The molecule has 0 aliphatic rings. The van der Waals surface area contributed by atoms with Gasteiger partial charge in [-0.25, -0.2) is 4.98 Å². The minimum absolute atomic E-state index is 0.102. The summed E-state index contributed by atoms with van der Waals surface area (Å²) in [5.41, 5.74) is 0.442. The number of anilines is 1. The van der Waals surface area contributed by atoms with Crippen molar-refractivity contribution in [2.75, 3.05) is 5.32 Å². The molecule has 22 heavy (non-hydrogen) atoms. The summed E-state index contributed by atoms with van der Waals surface area (Å²) in [6, 6.07) is 14.2. The third kappa shape index (κ3) is 3.27. The number of aromatic nitrogens is 1. The molecule has 0 aliphatic carbocycles. The number of para-hydroxylation sites is 1. The van der Waals surface area contributed by atoms with E-state index in [0.717, 1.165) is 0 Å². The Morgan fingerprint density at radius 3 is 2.73 bits per heavy atom. The van der Waals surface area contributed by atoms with E-state index in [2.05, 4.69) is 10.3 Å². The van der Waals surface area contributed by atoms with Gasteiger partial charge in [0.05, 0.1) is 11.9 Å². The number of hydrogen-bond acceptors (Lipinski definition) is 4. The summed E-state index contributed by atoms with van der Waals surface area (Å²) in [5, 5.41) is 3.17. The highest BCUT2D eigenvalue weighted by atomic mass is 35.5. The second kappa shape index (κ2) is 6.32. The van der Waals surface area contributed by atoms with E-state index in [1.54, 1.807) is 18.2 Å². The predicted molar refractivity (Wildman–Crippen MR) is 82.4 cm³/mol. The molecule has 5 nitrogen and oxygen atoms in total. The number of hydrogen-bond donors (Lipinski definition) is 1. The van der Waals surface area contributed by atoms with Crippen molar-refractivity contribution in [2.24, 2.45) is 0 Å². The molecule has 1 N–H and O–H groups in total. The van der Waals surface area contributed by atoms with E-state index in [0.29, 0.717) is 22.2 Å². The number of carbonyl (C=O) groups excluding carboxylic acids is 1. The molecule has 0 spiro atoms. The molecule has 3 rings (SSSR count). The van der Waals surface area contributed by atoms with Crippen molar-refractivity contribution < 1.29 is 13.9 Å². The molecule has 0 unspecified atom stereocenters. The molecule has 0 atom stereocenters. The smallest absolute Gasteiger partial charge is 0.293 e. The molecule has 0 fully saturated rings. The van der Waals surface area contributed by atoms with Gasteiger partial charge in [-0.05, 0) is 30.3 Å². The Morgan fingerprint density at radius 2 is 2.00 bits per heavy atom. The first-order valence-electron chi connectivity index (χ1n) is 6.44. The first kappa shape index (κ1) is 14.2. The van der Waals surface area contributed by atoms with Crippen molar-refractivity contribution >= 4 is 23.2 Å². The molecule has 1 heterocycles. The molecule has 0 bridgehead atoms. The van der Waals surface area contributed by atoms with Gasteiger partial charge in [-0.3, -0.25) is 4.79 Å². The monoisotopic (exact) mass is 314 g/mol. The van der Waals surface area contributed by atoms with Crippen LogP contribution in [0.15, 0.2) is 65.5 Å². The van der Waals surface area contributed by atoms with Crippen molar-refractivity contribution in [3.05, 3.63) is 71.9 Å². The Hall–Kier alpha value is -2.79. The molecule has 0 radical (unpaired) electrons. The summed E-state index contributed by atoms with van der Waals surface area (Å²) in [6.45, 7) is 0. The van der Waals surface area contributed by atoms with Crippen LogP contribution in [0.1, 0.15) is 10.6 Å². The van der Waals surface area contributed by atoms with Gasteiger partial charge in [0.1, 0.15) is 5.75 Å². The van der Waals surface area contributed by atoms with Gasteiger partial charge in [-0.2, -0.15) is 0 Å². The lowest BCUT2D eigenvalue weighted by Gasteiger charge is -2.12. The Labute approximate surface area is 131 Å². The van der Waals surface area contributed by atoms with Crippen molar-refractivity contribution in [2.45, 2.75) is 0 Å². The fourth-order valence-corrected chi connectivity index (χ4v) is 1.99. The highest BCUT2D eigenvalue weighted by Crippen LogP contribution is 2.32. The summed E-state index contributed by atoms with van der Waals surface area (Å²) in [5.74, 6) is 0.798. The average molecular weight is 315 g/mol. The van der Waals surface area contributed by atoms with Gasteiger partial charge in [-0.1, -0.05) is 29.8 Å². The number of nitrogens with one attached hydrogen (secondary N) is 1. The van der Waals surface area contributed by atoms with Crippen LogP contribution in [0, 0.1) is 0 Å². The van der Waals surface area contributed by atoms with Crippen LogP contribution in [0.4, 0.5) is 5.69 Å². The standard InChI is InChI=1S/C16H11ClN2O3/c17-11-6-7-14(22-12-4-2-1-3-5-12)13(8-11)19-16(20)15-9-18-10-21-15/h1-10H,(H,19,20). The molecule has 0 aliphatic heterocycles. The first-order chi connectivity index (χ1) is 10.7. The van der Waals surface area contributed by atoms with Crippen molar-refractivity contribution in [3.63, 3.8) is 0 Å². The Kier molecular flexibility index (Phi) is 4.07. The lowest BCUT2D eigenvalue weighted by molar-refractivity contribution is 0.0996. The van der Waals surface area contributed by atoms with Crippen LogP contribution in [-0.4, -0.2) is 10.9 Å². The van der Waals surface area contributed by atoms with E-state index >= 15 is 0 Å². The van der Waals surface area contributed by atoms with Gasteiger partial charge in [-0.15, -0.1) is 0 Å². The van der Waals surface area contributed by atoms with Gasteiger partial charge in [0, 0.05) is 5.02 Å². The second-order valence-electron chi connectivity index (χ2n) is 4.38. The number of benzene rings is 2. The summed E-state index contributed by atoms with van der Waals surface area (Å²) in [4.78, 5) is 15.8. The van der Waals surface area contributed by atoms with Crippen molar-refractivity contribution in [1.29, 1.82) is 0 Å².